The summed E-state index contributed by atoms with van der Waals surface area (Å²) in [6.45, 7) is 2.19. The molecule has 2 aromatic rings. The Morgan fingerprint density at radius 2 is 2.18 bits per heavy atom. The molecule has 0 amide bonds. The van der Waals surface area contributed by atoms with E-state index in [1.165, 1.54) is 0 Å². The zero-order chi connectivity index (χ0) is 12.1. The van der Waals surface area contributed by atoms with E-state index in [9.17, 15) is 0 Å². The Bertz CT molecular complexity index is 482. The van der Waals surface area contributed by atoms with Gasteiger partial charge in [0.1, 0.15) is 0 Å². The lowest BCUT2D eigenvalue weighted by Gasteiger charge is -2.16. The maximum absolute atomic E-state index is 4.21. The van der Waals surface area contributed by atoms with Crippen LogP contribution in [0.15, 0.2) is 30.5 Å². The topological polar surface area (TPSA) is 37.8 Å². The van der Waals surface area contributed by atoms with Gasteiger partial charge < -0.3 is 5.32 Å². The molecule has 1 aromatic heterocycles. The van der Waals surface area contributed by atoms with Crippen LogP contribution in [0.1, 0.15) is 13.3 Å². The zero-order valence-electron chi connectivity index (χ0n) is 10.2. The molecule has 90 valence electrons. The number of benzene rings is 1. The summed E-state index contributed by atoms with van der Waals surface area (Å²) in [5, 5.41) is 14.0. The van der Waals surface area contributed by atoms with Crippen molar-refractivity contribution in [2.45, 2.75) is 19.4 Å². The summed E-state index contributed by atoms with van der Waals surface area (Å²) in [4.78, 5) is 0. The van der Waals surface area contributed by atoms with E-state index in [2.05, 4.69) is 40.8 Å². The Morgan fingerprint density at radius 1 is 1.35 bits per heavy atom. The van der Waals surface area contributed by atoms with E-state index in [4.69, 9.17) is 0 Å². The molecule has 0 saturated carbocycles. The number of nitrogens with one attached hydrogen (secondary N) is 1. The van der Waals surface area contributed by atoms with Gasteiger partial charge in [-0.1, -0.05) is 31.2 Å². The van der Waals surface area contributed by atoms with Gasteiger partial charge in [-0.3, -0.25) is 0 Å². The molecule has 0 aliphatic heterocycles. The van der Waals surface area contributed by atoms with Crippen LogP contribution in [0.25, 0.3) is 10.8 Å². The van der Waals surface area contributed by atoms with Crippen LogP contribution in [-0.2, 0) is 0 Å². The van der Waals surface area contributed by atoms with E-state index in [0.29, 0.717) is 6.04 Å². The second-order valence-electron chi connectivity index (χ2n) is 3.99. The van der Waals surface area contributed by atoms with Gasteiger partial charge in [0.05, 0.1) is 6.20 Å². The van der Waals surface area contributed by atoms with E-state index < -0.39 is 0 Å². The summed E-state index contributed by atoms with van der Waals surface area (Å²) in [5.41, 5.74) is 0. The number of hydrogen-bond acceptors (Lipinski definition) is 4. The number of anilines is 1. The second kappa shape index (κ2) is 5.87. The van der Waals surface area contributed by atoms with Crippen molar-refractivity contribution in [3.8, 4) is 0 Å². The third-order valence-corrected chi connectivity index (χ3v) is 3.51. The maximum atomic E-state index is 4.21. The number of nitrogens with zero attached hydrogens (tertiary/aromatic N) is 2. The van der Waals surface area contributed by atoms with Crippen LogP contribution < -0.4 is 5.32 Å². The lowest BCUT2D eigenvalue weighted by molar-refractivity contribution is 0.767. The molecule has 0 aliphatic carbocycles. The number of rotatable bonds is 5. The van der Waals surface area contributed by atoms with Crippen molar-refractivity contribution in [3.05, 3.63) is 30.5 Å². The highest BCUT2D eigenvalue weighted by Gasteiger charge is 2.08. The Balaban J connectivity index is 2.28. The van der Waals surface area contributed by atoms with Crippen LogP contribution in [0, 0.1) is 0 Å². The van der Waals surface area contributed by atoms with Gasteiger partial charge in [-0.05, 0) is 12.7 Å². The van der Waals surface area contributed by atoms with Crippen molar-refractivity contribution >= 4 is 28.4 Å². The highest BCUT2D eigenvalue weighted by molar-refractivity contribution is 7.98. The van der Waals surface area contributed by atoms with Gasteiger partial charge in [0.2, 0.25) is 0 Å². The molecule has 3 nitrogen and oxygen atoms in total. The fourth-order valence-electron chi connectivity index (χ4n) is 1.79. The van der Waals surface area contributed by atoms with Gasteiger partial charge in [0, 0.05) is 22.6 Å². The number of fused-ring (bicyclic) bond motifs is 1. The van der Waals surface area contributed by atoms with Gasteiger partial charge >= 0.3 is 0 Å². The van der Waals surface area contributed by atoms with E-state index in [1.54, 1.807) is 6.20 Å². The van der Waals surface area contributed by atoms with Crippen molar-refractivity contribution in [1.29, 1.82) is 0 Å². The minimum Gasteiger partial charge on any atom is -0.365 e. The van der Waals surface area contributed by atoms with E-state index >= 15 is 0 Å². The molecule has 1 heterocycles. The average Bonchev–Trinajstić information content (AvgIpc) is 2.38. The summed E-state index contributed by atoms with van der Waals surface area (Å²) >= 11 is 1.85. The van der Waals surface area contributed by atoms with Crippen LogP contribution in [0.2, 0.25) is 0 Å². The number of hydrogen-bond donors (Lipinski definition) is 1. The van der Waals surface area contributed by atoms with E-state index in [-0.39, 0.29) is 0 Å². The monoisotopic (exact) mass is 247 g/mol. The molecule has 0 aliphatic rings. The van der Waals surface area contributed by atoms with E-state index in [1.807, 2.05) is 23.9 Å². The molecule has 17 heavy (non-hydrogen) atoms. The molecule has 0 radical (unpaired) electrons. The smallest absolute Gasteiger partial charge is 0.156 e. The van der Waals surface area contributed by atoms with Crippen LogP contribution in [0.5, 0.6) is 0 Å². The third-order valence-electron chi connectivity index (χ3n) is 2.77. The summed E-state index contributed by atoms with van der Waals surface area (Å²) in [5.74, 6) is 1.98. The quantitative estimate of drug-likeness (QED) is 0.880. The average molecular weight is 247 g/mol. The highest BCUT2D eigenvalue weighted by Crippen LogP contribution is 2.20. The van der Waals surface area contributed by atoms with Gasteiger partial charge in [0.25, 0.3) is 0 Å². The van der Waals surface area contributed by atoms with Crippen LogP contribution in [0.3, 0.4) is 0 Å². The second-order valence-corrected chi connectivity index (χ2v) is 4.90. The molecule has 0 bridgehead atoms. The Kier molecular flexibility index (Phi) is 4.20. The fraction of sp³-hybridized carbons (Fsp3) is 0.385. The van der Waals surface area contributed by atoms with Crippen molar-refractivity contribution in [2.24, 2.45) is 0 Å². The summed E-state index contributed by atoms with van der Waals surface area (Å²) in [7, 11) is 0. The van der Waals surface area contributed by atoms with Gasteiger partial charge in [-0.15, -0.1) is 5.10 Å². The molecule has 1 N–H and O–H groups in total. The van der Waals surface area contributed by atoms with Crippen molar-refractivity contribution in [3.63, 3.8) is 0 Å². The molecule has 2 rings (SSSR count). The van der Waals surface area contributed by atoms with E-state index in [0.717, 1.165) is 28.8 Å². The lowest BCUT2D eigenvalue weighted by Crippen LogP contribution is -2.22. The highest BCUT2D eigenvalue weighted by atomic mass is 32.2. The first kappa shape index (κ1) is 12.2. The van der Waals surface area contributed by atoms with Crippen LogP contribution >= 0.6 is 11.8 Å². The SMILES string of the molecule is CCC(CSC)Nc1nncc2ccccc12. The first-order valence-electron chi connectivity index (χ1n) is 5.81. The molecule has 1 aromatic carbocycles. The van der Waals surface area contributed by atoms with Gasteiger partial charge in [-0.2, -0.15) is 16.9 Å². The van der Waals surface area contributed by atoms with Crippen molar-refractivity contribution < 1.29 is 0 Å². The molecular weight excluding hydrogens is 230 g/mol. The zero-order valence-corrected chi connectivity index (χ0v) is 11.0. The first-order valence-corrected chi connectivity index (χ1v) is 7.20. The number of thioether (sulfide) groups is 1. The minimum absolute atomic E-state index is 0.449. The molecule has 1 atom stereocenters. The summed E-state index contributed by atoms with van der Waals surface area (Å²) in [6.07, 6.45) is 5.01. The molecule has 4 heteroatoms. The molecule has 0 spiro atoms. The van der Waals surface area contributed by atoms with Crippen LogP contribution in [0.4, 0.5) is 5.82 Å². The number of aromatic nitrogens is 2. The van der Waals surface area contributed by atoms with Gasteiger partial charge in [-0.25, -0.2) is 0 Å². The van der Waals surface area contributed by atoms with Gasteiger partial charge in [0.15, 0.2) is 5.82 Å². The molecule has 0 saturated heterocycles. The predicted octanol–water partition coefficient (Wildman–Crippen LogP) is 3.18. The van der Waals surface area contributed by atoms with Crippen molar-refractivity contribution in [2.75, 3.05) is 17.3 Å². The lowest BCUT2D eigenvalue weighted by atomic mass is 10.2. The predicted molar refractivity (Wildman–Crippen MR) is 75.6 cm³/mol. The Morgan fingerprint density at radius 3 is 2.94 bits per heavy atom. The largest absolute Gasteiger partial charge is 0.365 e. The molecular formula is C13H17N3S. The summed E-state index contributed by atoms with van der Waals surface area (Å²) < 4.78 is 0. The normalized spacial score (nSPS) is 12.6. The summed E-state index contributed by atoms with van der Waals surface area (Å²) in [6, 6.07) is 8.64. The van der Waals surface area contributed by atoms with Crippen molar-refractivity contribution in [1.82, 2.24) is 10.2 Å². The third kappa shape index (κ3) is 2.88. The Hall–Kier alpha value is -1.29. The maximum Gasteiger partial charge on any atom is 0.156 e. The van der Waals surface area contributed by atoms with Crippen LogP contribution in [-0.4, -0.2) is 28.2 Å². The minimum atomic E-state index is 0.449. The fourth-order valence-corrected chi connectivity index (χ4v) is 2.51. The molecule has 1 unspecified atom stereocenters. The molecule has 0 fully saturated rings. The Labute approximate surface area is 106 Å². The first-order chi connectivity index (χ1) is 8.35. The standard InChI is InChI=1S/C13H17N3S/c1-3-11(9-17-2)15-13-12-7-5-4-6-10(12)8-14-16-13/h4-8,11H,3,9H2,1-2H3,(H,15,16).